The SMILES string of the molecule is Cc1cc([N+](=O)[O-])cc2ccoc12.O=[N+]([O-])c1cc(CBr)c2occc2c1. The van der Waals surface area contributed by atoms with Gasteiger partial charge in [0.2, 0.25) is 0 Å². The van der Waals surface area contributed by atoms with Crippen LogP contribution in [0.5, 0.6) is 0 Å². The van der Waals surface area contributed by atoms with Gasteiger partial charge in [0.1, 0.15) is 11.2 Å². The highest BCUT2D eigenvalue weighted by Gasteiger charge is 2.12. The van der Waals surface area contributed by atoms with Crippen LogP contribution in [-0.2, 0) is 5.33 Å². The predicted octanol–water partition coefficient (Wildman–Crippen LogP) is 5.89. The second kappa shape index (κ2) is 7.58. The lowest BCUT2D eigenvalue weighted by atomic mass is 10.1. The molecule has 0 unspecified atom stereocenters. The molecule has 27 heavy (non-hydrogen) atoms. The summed E-state index contributed by atoms with van der Waals surface area (Å²) in [6.45, 7) is 1.79. The maximum Gasteiger partial charge on any atom is 0.270 e. The standard InChI is InChI=1S/C9H6BrNO3.C9H7NO3/c10-5-7-4-8(11(12)13)3-6-1-2-14-9(6)7;1-6-4-8(10(11)12)5-7-2-3-13-9(6)7/h1-4H,5H2;2-5H,1H3. The normalized spacial score (nSPS) is 10.6. The zero-order chi connectivity index (χ0) is 19.6. The number of hydrogen-bond donors (Lipinski definition) is 0. The van der Waals surface area contributed by atoms with Gasteiger partial charge in [0, 0.05) is 45.9 Å². The van der Waals surface area contributed by atoms with Crippen LogP contribution in [0.2, 0.25) is 0 Å². The molecule has 2 aromatic heterocycles. The first-order chi connectivity index (χ1) is 12.9. The van der Waals surface area contributed by atoms with E-state index in [1.165, 1.54) is 36.8 Å². The van der Waals surface area contributed by atoms with Gasteiger partial charge in [0.25, 0.3) is 11.4 Å². The quantitative estimate of drug-likeness (QED) is 0.226. The average molecular weight is 433 g/mol. The van der Waals surface area contributed by atoms with E-state index in [1.807, 2.05) is 0 Å². The summed E-state index contributed by atoms with van der Waals surface area (Å²) in [6.07, 6.45) is 3.06. The van der Waals surface area contributed by atoms with Crippen LogP contribution in [0.15, 0.2) is 57.8 Å². The van der Waals surface area contributed by atoms with E-state index in [1.54, 1.807) is 19.1 Å². The Labute approximate surface area is 160 Å². The first-order valence-electron chi connectivity index (χ1n) is 7.73. The number of nitrogens with zero attached hydrogens (tertiary/aromatic N) is 2. The molecule has 138 valence electrons. The number of fused-ring (bicyclic) bond motifs is 2. The Morgan fingerprint density at radius 2 is 1.41 bits per heavy atom. The van der Waals surface area contributed by atoms with E-state index in [4.69, 9.17) is 8.83 Å². The Morgan fingerprint density at radius 3 is 1.96 bits per heavy atom. The van der Waals surface area contributed by atoms with Gasteiger partial charge in [-0.1, -0.05) is 15.9 Å². The van der Waals surface area contributed by atoms with E-state index in [0.717, 1.165) is 21.9 Å². The molecule has 2 heterocycles. The van der Waals surface area contributed by atoms with Gasteiger partial charge in [0.05, 0.1) is 22.4 Å². The van der Waals surface area contributed by atoms with Crippen molar-refractivity contribution in [3.63, 3.8) is 0 Å². The number of nitro benzene ring substituents is 2. The molecule has 0 aliphatic rings. The Bertz CT molecular complexity index is 1150. The summed E-state index contributed by atoms with van der Waals surface area (Å²) >= 11 is 3.26. The van der Waals surface area contributed by atoms with Gasteiger partial charge in [-0.05, 0) is 24.6 Å². The highest BCUT2D eigenvalue weighted by Crippen LogP contribution is 2.27. The van der Waals surface area contributed by atoms with Crippen LogP contribution in [-0.4, -0.2) is 9.85 Å². The topological polar surface area (TPSA) is 113 Å². The first kappa shape index (κ1) is 18.6. The molecule has 0 fully saturated rings. The van der Waals surface area contributed by atoms with Gasteiger partial charge in [-0.2, -0.15) is 0 Å². The molecule has 0 aliphatic heterocycles. The molecule has 0 amide bonds. The molecule has 0 radical (unpaired) electrons. The van der Waals surface area contributed by atoms with Crippen molar-refractivity contribution >= 4 is 49.2 Å². The Kier molecular flexibility index (Phi) is 5.22. The van der Waals surface area contributed by atoms with Crippen LogP contribution in [0, 0.1) is 27.2 Å². The number of aryl methyl sites for hydroxylation is 1. The van der Waals surface area contributed by atoms with E-state index >= 15 is 0 Å². The molecule has 4 rings (SSSR count). The number of benzene rings is 2. The molecule has 0 N–H and O–H groups in total. The molecule has 0 aliphatic carbocycles. The number of non-ortho nitro benzene ring substituents is 2. The fourth-order valence-corrected chi connectivity index (χ4v) is 3.11. The van der Waals surface area contributed by atoms with E-state index < -0.39 is 9.85 Å². The van der Waals surface area contributed by atoms with Crippen molar-refractivity contribution in [1.82, 2.24) is 0 Å². The number of furan rings is 2. The van der Waals surface area contributed by atoms with Crippen LogP contribution in [0.4, 0.5) is 11.4 Å². The molecular formula is C18H13BrN2O6. The number of nitro groups is 2. The number of hydrogen-bond acceptors (Lipinski definition) is 6. The first-order valence-corrected chi connectivity index (χ1v) is 8.85. The lowest BCUT2D eigenvalue weighted by Crippen LogP contribution is -1.89. The smallest absolute Gasteiger partial charge is 0.270 e. The zero-order valence-electron chi connectivity index (χ0n) is 14.0. The minimum Gasteiger partial charge on any atom is -0.464 e. The second-order valence-corrected chi connectivity index (χ2v) is 6.25. The fourth-order valence-electron chi connectivity index (χ4n) is 2.69. The van der Waals surface area contributed by atoms with E-state index in [9.17, 15) is 20.2 Å². The monoisotopic (exact) mass is 432 g/mol. The lowest BCUT2D eigenvalue weighted by Gasteiger charge is -1.97. The molecule has 0 saturated heterocycles. The summed E-state index contributed by atoms with van der Waals surface area (Å²) in [5.74, 6) is 0. The van der Waals surface area contributed by atoms with E-state index in [0.29, 0.717) is 16.5 Å². The third-order valence-electron chi connectivity index (χ3n) is 3.90. The lowest BCUT2D eigenvalue weighted by molar-refractivity contribution is -0.384. The summed E-state index contributed by atoms with van der Waals surface area (Å²) in [5, 5.41) is 23.2. The summed E-state index contributed by atoms with van der Waals surface area (Å²) in [6, 6.07) is 9.47. The van der Waals surface area contributed by atoms with Gasteiger partial charge in [-0.3, -0.25) is 20.2 Å². The Morgan fingerprint density at radius 1 is 0.889 bits per heavy atom. The van der Waals surface area contributed by atoms with Gasteiger partial charge < -0.3 is 8.83 Å². The van der Waals surface area contributed by atoms with Crippen molar-refractivity contribution < 1.29 is 18.7 Å². The summed E-state index contributed by atoms with van der Waals surface area (Å²) < 4.78 is 10.4. The van der Waals surface area contributed by atoms with Crippen LogP contribution >= 0.6 is 15.9 Å². The zero-order valence-corrected chi connectivity index (χ0v) is 15.6. The van der Waals surface area contributed by atoms with Gasteiger partial charge >= 0.3 is 0 Å². The maximum atomic E-state index is 10.6. The van der Waals surface area contributed by atoms with Crippen LogP contribution < -0.4 is 0 Å². The highest BCUT2D eigenvalue weighted by atomic mass is 79.9. The van der Waals surface area contributed by atoms with Crippen molar-refractivity contribution in [2.45, 2.75) is 12.3 Å². The minimum absolute atomic E-state index is 0.0911. The summed E-state index contributed by atoms with van der Waals surface area (Å²) in [5.41, 5.74) is 3.19. The van der Waals surface area contributed by atoms with Crippen molar-refractivity contribution in [3.8, 4) is 0 Å². The Hall–Kier alpha value is -3.20. The predicted molar refractivity (Wildman–Crippen MR) is 103 cm³/mol. The van der Waals surface area contributed by atoms with Crippen LogP contribution in [0.25, 0.3) is 21.9 Å². The van der Waals surface area contributed by atoms with E-state index in [-0.39, 0.29) is 11.4 Å². The average Bonchev–Trinajstić information content (AvgIpc) is 3.30. The number of alkyl halides is 1. The number of rotatable bonds is 3. The van der Waals surface area contributed by atoms with Crippen molar-refractivity contribution in [1.29, 1.82) is 0 Å². The van der Waals surface area contributed by atoms with Gasteiger partial charge in [-0.15, -0.1) is 0 Å². The molecule has 4 aromatic rings. The molecular weight excluding hydrogens is 420 g/mol. The third-order valence-corrected chi connectivity index (χ3v) is 4.50. The van der Waals surface area contributed by atoms with Gasteiger partial charge in [-0.25, -0.2) is 0 Å². The van der Waals surface area contributed by atoms with Crippen LogP contribution in [0.3, 0.4) is 0 Å². The minimum atomic E-state index is -0.404. The molecule has 0 atom stereocenters. The maximum absolute atomic E-state index is 10.6. The molecule has 9 heteroatoms. The third kappa shape index (κ3) is 3.82. The molecule has 0 saturated carbocycles. The Balaban J connectivity index is 0.000000156. The molecule has 0 bridgehead atoms. The van der Waals surface area contributed by atoms with Crippen molar-refractivity contribution in [2.24, 2.45) is 0 Å². The molecule has 2 aromatic carbocycles. The fraction of sp³-hybridized carbons (Fsp3) is 0.111. The van der Waals surface area contributed by atoms with E-state index in [2.05, 4.69) is 15.9 Å². The second-order valence-electron chi connectivity index (χ2n) is 5.69. The molecule has 8 nitrogen and oxygen atoms in total. The van der Waals surface area contributed by atoms with Crippen LogP contribution in [0.1, 0.15) is 11.1 Å². The molecule has 0 spiro atoms. The summed E-state index contributed by atoms with van der Waals surface area (Å²) in [4.78, 5) is 20.3. The van der Waals surface area contributed by atoms with Gasteiger partial charge in [0.15, 0.2) is 0 Å². The largest absolute Gasteiger partial charge is 0.464 e. The van der Waals surface area contributed by atoms with Crippen molar-refractivity contribution in [2.75, 3.05) is 0 Å². The highest BCUT2D eigenvalue weighted by molar-refractivity contribution is 9.08. The van der Waals surface area contributed by atoms with Crippen molar-refractivity contribution in [3.05, 3.63) is 80.3 Å². The summed E-state index contributed by atoms with van der Waals surface area (Å²) in [7, 11) is 0. The number of halogens is 1.